The maximum absolute atomic E-state index is 13.7. The monoisotopic (exact) mass is 607 g/mol. The molecule has 10 heteroatoms. The molecular weight excluding hydrogens is 562 g/mol. The molecule has 4 heterocycles. The number of benzene rings is 2. The van der Waals surface area contributed by atoms with Crippen LogP contribution in [0.2, 0.25) is 0 Å². The van der Waals surface area contributed by atoms with Gasteiger partial charge in [0.2, 0.25) is 0 Å². The highest BCUT2D eigenvalue weighted by atomic mass is 16.6. The van der Waals surface area contributed by atoms with Gasteiger partial charge in [0, 0.05) is 32.2 Å². The molecule has 6 rings (SSSR count). The second-order valence-electron chi connectivity index (χ2n) is 13.0. The smallest absolute Gasteiger partial charge is 0.410 e. The lowest BCUT2D eigenvalue weighted by Gasteiger charge is -2.40. The molecule has 0 aliphatic carbocycles. The molecule has 2 aromatic carbocycles. The number of hydrogen-bond donors (Lipinski definition) is 1. The van der Waals surface area contributed by atoms with E-state index >= 15 is 0 Å². The molecule has 3 fully saturated rings. The molecule has 4 aliphatic rings. The molecule has 3 saturated heterocycles. The number of ether oxygens (including phenoxy) is 3. The summed E-state index contributed by atoms with van der Waals surface area (Å²) in [6, 6.07) is 12.2. The van der Waals surface area contributed by atoms with Gasteiger partial charge in [-0.15, -0.1) is 0 Å². The molecule has 4 atom stereocenters. The highest BCUT2D eigenvalue weighted by Crippen LogP contribution is 2.30. The molecule has 0 saturated carbocycles. The first-order valence-electron chi connectivity index (χ1n) is 15.6. The third-order valence-electron chi connectivity index (χ3n) is 8.62. The normalized spacial score (nSPS) is 22.1. The Morgan fingerprint density at radius 3 is 2.57 bits per heavy atom. The molecule has 44 heavy (non-hydrogen) atoms. The molecular formula is C34H45N3O7. The number of hydrogen-bond acceptors (Lipinski definition) is 7. The van der Waals surface area contributed by atoms with Gasteiger partial charge in [0.1, 0.15) is 11.4 Å². The highest BCUT2D eigenvalue weighted by Gasteiger charge is 2.38. The van der Waals surface area contributed by atoms with Crippen LogP contribution in [0, 0.1) is 0 Å². The van der Waals surface area contributed by atoms with Gasteiger partial charge < -0.3 is 29.1 Å². The first kappa shape index (κ1) is 31.8. The fourth-order valence-electron chi connectivity index (χ4n) is 6.38. The Morgan fingerprint density at radius 1 is 1.09 bits per heavy atom. The van der Waals surface area contributed by atoms with Crippen molar-refractivity contribution in [1.82, 2.24) is 14.7 Å². The number of aliphatic hydroxyl groups is 1. The summed E-state index contributed by atoms with van der Waals surface area (Å²) in [5.41, 5.74) is 2.13. The van der Waals surface area contributed by atoms with Crippen LogP contribution in [0.3, 0.4) is 0 Å². The van der Waals surface area contributed by atoms with Crippen LogP contribution >= 0.6 is 0 Å². The van der Waals surface area contributed by atoms with E-state index in [0.717, 1.165) is 30.4 Å². The van der Waals surface area contributed by atoms with E-state index in [1.165, 1.54) is 4.90 Å². The molecule has 1 N–H and O–H groups in total. The van der Waals surface area contributed by atoms with Crippen molar-refractivity contribution in [3.8, 4) is 5.75 Å². The standard InChI is InChI=1S/C34H45N3O7/c1-6-42-30-17-23(31(39)36-19-26-13-9-12-25(36)21-43-26)14-15-27(30)32(40)35(5)20-29(38)28-16-22-10-7-8-11-24(22)18-37(28)33(41)44-34(2,3)4/h7-8,10-11,14-15,17,25-26,28-29,38H,6,9,12-13,16,18-21H2,1-5H3/t25?,26?,28-,29+/m0/s1. The summed E-state index contributed by atoms with van der Waals surface area (Å²) >= 11 is 0. The maximum atomic E-state index is 13.7. The van der Waals surface area contributed by atoms with Gasteiger partial charge in [0.15, 0.2) is 0 Å². The molecule has 3 amide bonds. The summed E-state index contributed by atoms with van der Waals surface area (Å²) in [7, 11) is 1.61. The van der Waals surface area contributed by atoms with E-state index in [9.17, 15) is 19.5 Å². The summed E-state index contributed by atoms with van der Waals surface area (Å²) in [5.74, 6) is -0.120. The zero-order valence-electron chi connectivity index (χ0n) is 26.5. The third kappa shape index (κ3) is 7.02. The minimum atomic E-state index is -1.04. The number of morpholine rings is 1. The molecule has 2 aromatic rings. The van der Waals surface area contributed by atoms with Gasteiger partial charge in [-0.2, -0.15) is 0 Å². The number of likely N-dealkylation sites (N-methyl/N-ethyl adjacent to an activating group) is 1. The number of aliphatic hydroxyl groups excluding tert-OH is 1. The number of carbonyl (C=O) groups excluding carboxylic acids is 3. The molecule has 2 unspecified atom stereocenters. The molecule has 0 spiro atoms. The molecule has 4 aliphatic heterocycles. The van der Waals surface area contributed by atoms with E-state index in [2.05, 4.69) is 0 Å². The Labute approximate surface area is 259 Å². The zero-order chi connectivity index (χ0) is 31.6. The van der Waals surface area contributed by atoms with Crippen molar-refractivity contribution in [3.63, 3.8) is 0 Å². The van der Waals surface area contributed by atoms with Crippen molar-refractivity contribution in [2.45, 2.75) is 89.8 Å². The van der Waals surface area contributed by atoms with Crippen LogP contribution in [0.15, 0.2) is 42.5 Å². The van der Waals surface area contributed by atoms with E-state index in [1.54, 1.807) is 30.1 Å². The Kier molecular flexibility index (Phi) is 9.51. The predicted octanol–water partition coefficient (Wildman–Crippen LogP) is 4.27. The number of fused-ring (bicyclic) bond motifs is 5. The lowest BCUT2D eigenvalue weighted by atomic mass is 9.91. The topological polar surface area (TPSA) is 109 Å². The Balaban J connectivity index is 1.32. The molecule has 238 valence electrons. The van der Waals surface area contributed by atoms with Crippen molar-refractivity contribution in [2.24, 2.45) is 0 Å². The first-order valence-corrected chi connectivity index (χ1v) is 15.6. The fraction of sp³-hybridized carbons (Fsp3) is 0.559. The molecule has 2 bridgehead atoms. The SMILES string of the molecule is CCOc1cc(C(=O)N2CC3CCCC2CO3)ccc1C(=O)N(C)C[C@@H](O)[C@@H]1Cc2ccccc2CN1C(=O)OC(C)(C)C. The van der Waals surface area contributed by atoms with Gasteiger partial charge in [0.05, 0.1) is 43.1 Å². The average molecular weight is 608 g/mol. The van der Waals surface area contributed by atoms with Gasteiger partial charge >= 0.3 is 6.09 Å². The van der Waals surface area contributed by atoms with E-state index in [0.29, 0.717) is 49.6 Å². The summed E-state index contributed by atoms with van der Waals surface area (Å²) in [6.07, 6.45) is 1.87. The predicted molar refractivity (Wildman–Crippen MR) is 165 cm³/mol. The van der Waals surface area contributed by atoms with Crippen molar-refractivity contribution < 1.29 is 33.7 Å². The van der Waals surface area contributed by atoms with Crippen LogP contribution < -0.4 is 4.74 Å². The summed E-state index contributed by atoms with van der Waals surface area (Å²) in [5, 5.41) is 11.5. The average Bonchev–Trinajstić information content (AvgIpc) is 3.35. The van der Waals surface area contributed by atoms with Crippen LogP contribution in [-0.4, -0.2) is 101 Å². The fourth-order valence-corrected chi connectivity index (χ4v) is 6.38. The van der Waals surface area contributed by atoms with Crippen LogP contribution in [0.1, 0.15) is 78.8 Å². The molecule has 10 nitrogen and oxygen atoms in total. The van der Waals surface area contributed by atoms with E-state index in [-0.39, 0.29) is 30.5 Å². The van der Waals surface area contributed by atoms with Gasteiger partial charge in [-0.1, -0.05) is 24.3 Å². The summed E-state index contributed by atoms with van der Waals surface area (Å²) < 4.78 is 17.4. The van der Waals surface area contributed by atoms with Gasteiger partial charge in [-0.25, -0.2) is 4.79 Å². The number of rotatable bonds is 7. The second-order valence-corrected chi connectivity index (χ2v) is 13.0. The zero-order valence-corrected chi connectivity index (χ0v) is 26.5. The Hall–Kier alpha value is -3.63. The minimum Gasteiger partial charge on any atom is -0.493 e. The van der Waals surface area contributed by atoms with Crippen molar-refractivity contribution in [2.75, 3.05) is 33.4 Å². The quantitative estimate of drug-likeness (QED) is 0.501. The largest absolute Gasteiger partial charge is 0.493 e. The summed E-state index contributed by atoms with van der Waals surface area (Å²) in [6.45, 7) is 8.97. The van der Waals surface area contributed by atoms with Crippen LogP contribution in [0.25, 0.3) is 0 Å². The first-order chi connectivity index (χ1) is 20.9. The van der Waals surface area contributed by atoms with Crippen LogP contribution in [-0.2, 0) is 22.4 Å². The minimum absolute atomic E-state index is 0.0198. The molecule has 0 radical (unpaired) electrons. The van der Waals surface area contributed by atoms with Crippen molar-refractivity contribution in [1.29, 1.82) is 0 Å². The maximum Gasteiger partial charge on any atom is 0.410 e. The summed E-state index contributed by atoms with van der Waals surface area (Å²) in [4.78, 5) is 45.4. The van der Waals surface area contributed by atoms with Gasteiger partial charge in [-0.05, 0) is 82.7 Å². The lowest BCUT2D eigenvalue weighted by molar-refractivity contribution is -0.0393. The number of amides is 3. The number of carbonyl (C=O) groups is 3. The lowest BCUT2D eigenvalue weighted by Crippen LogP contribution is -2.54. The molecule has 0 aromatic heterocycles. The van der Waals surface area contributed by atoms with Crippen LogP contribution in [0.4, 0.5) is 4.79 Å². The third-order valence-corrected chi connectivity index (χ3v) is 8.62. The van der Waals surface area contributed by atoms with Crippen molar-refractivity contribution >= 4 is 17.9 Å². The van der Waals surface area contributed by atoms with E-state index < -0.39 is 23.8 Å². The van der Waals surface area contributed by atoms with Crippen molar-refractivity contribution in [3.05, 3.63) is 64.7 Å². The Morgan fingerprint density at radius 2 is 1.84 bits per heavy atom. The second kappa shape index (κ2) is 13.2. The van der Waals surface area contributed by atoms with Gasteiger partial charge in [-0.3, -0.25) is 14.5 Å². The Bertz CT molecular complexity index is 1370. The number of nitrogens with zero attached hydrogens (tertiary/aromatic N) is 3. The highest BCUT2D eigenvalue weighted by molar-refractivity contribution is 6.00. The van der Waals surface area contributed by atoms with E-state index in [1.807, 2.05) is 56.9 Å². The van der Waals surface area contributed by atoms with Crippen LogP contribution in [0.5, 0.6) is 5.75 Å². The van der Waals surface area contributed by atoms with E-state index in [4.69, 9.17) is 14.2 Å². The van der Waals surface area contributed by atoms with Gasteiger partial charge in [0.25, 0.3) is 11.8 Å².